The van der Waals surface area contributed by atoms with Gasteiger partial charge in [0.25, 0.3) is 0 Å². The zero-order valence-electron chi connectivity index (χ0n) is 43.6. The molecule has 0 aromatic carbocycles. The number of rotatable bonds is 50. The van der Waals surface area contributed by atoms with Gasteiger partial charge in [0.05, 0.1) is 25.2 Å². The van der Waals surface area contributed by atoms with E-state index in [2.05, 4.69) is 99.0 Å². The molecule has 1 amide bonds. The summed E-state index contributed by atoms with van der Waals surface area (Å²) in [7, 11) is 0. The van der Waals surface area contributed by atoms with Gasteiger partial charge in [-0.3, -0.25) is 9.59 Å². The van der Waals surface area contributed by atoms with E-state index in [1.54, 1.807) is 0 Å². The first kappa shape index (κ1) is 63.3. The molecular formula is C60H107NO5. The fraction of sp³-hybridized carbons (Fsp3) is 0.767. The first-order valence-corrected chi connectivity index (χ1v) is 28.2. The lowest BCUT2D eigenvalue weighted by atomic mass is 10.0. The van der Waals surface area contributed by atoms with Gasteiger partial charge in [0, 0.05) is 6.42 Å². The second kappa shape index (κ2) is 53.3. The maximum absolute atomic E-state index is 13.2. The fourth-order valence-electron chi connectivity index (χ4n) is 8.28. The molecule has 3 atom stereocenters. The van der Waals surface area contributed by atoms with Crippen molar-refractivity contribution in [3.05, 3.63) is 72.9 Å². The highest BCUT2D eigenvalue weighted by Gasteiger charge is 2.24. The van der Waals surface area contributed by atoms with Crippen LogP contribution in [0.15, 0.2) is 72.9 Å². The summed E-state index contributed by atoms with van der Waals surface area (Å²) >= 11 is 0. The van der Waals surface area contributed by atoms with Gasteiger partial charge in [0.1, 0.15) is 6.10 Å². The molecule has 0 spiro atoms. The van der Waals surface area contributed by atoms with Gasteiger partial charge in [0.2, 0.25) is 5.91 Å². The number of hydrogen-bond donors (Lipinski definition) is 3. The molecule has 0 aromatic heterocycles. The van der Waals surface area contributed by atoms with Crippen molar-refractivity contribution in [3.63, 3.8) is 0 Å². The standard InChI is InChI=1S/C60H107NO5/c1-4-7-10-13-16-19-22-25-27-29-30-31-33-35-38-41-44-47-50-53-60(65)66-56(51-48-45-42-39-36-34-32-28-26-23-20-17-14-11-8-5-2)54-59(64)61-57(55-62)58(63)52-49-46-43-40-37-24-21-18-15-12-9-6-3/h7,10,16,19,25,27,30-31,34-36,38,56-58,62-63H,4-6,8-9,11-15,17-18,20-24,26,28-29,32-33,37,39-55H2,1-3H3,(H,61,64)/b10-7-,19-16-,27-25-,31-30-,36-34+,38-35-. The number of aliphatic hydroxyl groups excluding tert-OH is 2. The van der Waals surface area contributed by atoms with Gasteiger partial charge in [0.15, 0.2) is 0 Å². The first-order valence-electron chi connectivity index (χ1n) is 28.2. The number of carbonyl (C=O) groups is 2. The van der Waals surface area contributed by atoms with Gasteiger partial charge in [-0.15, -0.1) is 0 Å². The molecular weight excluding hydrogens is 815 g/mol. The lowest BCUT2D eigenvalue weighted by Crippen LogP contribution is -2.46. The van der Waals surface area contributed by atoms with Crippen molar-refractivity contribution < 1.29 is 24.5 Å². The van der Waals surface area contributed by atoms with Crippen LogP contribution in [-0.4, -0.2) is 46.9 Å². The topological polar surface area (TPSA) is 95.9 Å². The van der Waals surface area contributed by atoms with E-state index in [0.29, 0.717) is 19.3 Å². The van der Waals surface area contributed by atoms with Crippen LogP contribution < -0.4 is 5.32 Å². The summed E-state index contributed by atoms with van der Waals surface area (Å²) in [5.74, 6) is -0.523. The highest BCUT2D eigenvalue weighted by atomic mass is 16.5. The van der Waals surface area contributed by atoms with Crippen LogP contribution in [0.1, 0.15) is 271 Å². The van der Waals surface area contributed by atoms with Gasteiger partial charge in [-0.25, -0.2) is 0 Å². The Bertz CT molecular complexity index is 1220. The number of amides is 1. The summed E-state index contributed by atoms with van der Waals surface area (Å²) in [6.07, 6.45) is 68.2. The molecule has 0 heterocycles. The first-order chi connectivity index (χ1) is 32.5. The Morgan fingerprint density at radius 3 is 1.27 bits per heavy atom. The molecule has 0 bridgehead atoms. The van der Waals surface area contributed by atoms with E-state index in [9.17, 15) is 19.8 Å². The average Bonchev–Trinajstić information content (AvgIpc) is 3.31. The molecule has 66 heavy (non-hydrogen) atoms. The number of allylic oxidation sites excluding steroid dienone is 12. The molecule has 0 aliphatic heterocycles. The minimum absolute atomic E-state index is 0.0519. The van der Waals surface area contributed by atoms with Crippen molar-refractivity contribution in [1.82, 2.24) is 5.32 Å². The molecule has 3 N–H and O–H groups in total. The van der Waals surface area contributed by atoms with Crippen molar-refractivity contribution >= 4 is 11.9 Å². The molecule has 3 unspecified atom stereocenters. The molecule has 0 rings (SSSR count). The normalized spacial score (nSPS) is 13.7. The molecule has 0 saturated carbocycles. The van der Waals surface area contributed by atoms with Crippen LogP contribution in [0.5, 0.6) is 0 Å². The summed E-state index contributed by atoms with van der Waals surface area (Å²) in [5, 5.41) is 23.8. The molecule has 0 aliphatic rings. The molecule has 6 heteroatoms. The van der Waals surface area contributed by atoms with Crippen molar-refractivity contribution in [2.45, 2.75) is 289 Å². The van der Waals surface area contributed by atoms with Crippen LogP contribution in [-0.2, 0) is 14.3 Å². The number of hydrogen-bond acceptors (Lipinski definition) is 5. The van der Waals surface area contributed by atoms with Crippen LogP contribution >= 0.6 is 0 Å². The van der Waals surface area contributed by atoms with Crippen LogP contribution in [0.25, 0.3) is 0 Å². The summed E-state index contributed by atoms with van der Waals surface area (Å²) in [5.41, 5.74) is 0. The van der Waals surface area contributed by atoms with Crippen LogP contribution in [0, 0.1) is 0 Å². The highest BCUT2D eigenvalue weighted by molar-refractivity contribution is 5.77. The molecule has 382 valence electrons. The largest absolute Gasteiger partial charge is 0.462 e. The van der Waals surface area contributed by atoms with E-state index in [0.717, 1.165) is 109 Å². The summed E-state index contributed by atoms with van der Waals surface area (Å²) in [6, 6.07) is -0.716. The van der Waals surface area contributed by atoms with E-state index >= 15 is 0 Å². The minimum atomic E-state index is -0.800. The number of esters is 1. The third-order valence-electron chi connectivity index (χ3n) is 12.5. The lowest BCUT2D eigenvalue weighted by Gasteiger charge is -2.24. The Kier molecular flexibility index (Phi) is 51.1. The second-order valence-electron chi connectivity index (χ2n) is 19.0. The molecule has 0 aromatic rings. The monoisotopic (exact) mass is 922 g/mol. The Hall–Kier alpha value is -2.70. The maximum atomic E-state index is 13.2. The quantitative estimate of drug-likeness (QED) is 0.0321. The SMILES string of the molecule is CC/C=C\C/C=C\C/C=C\C/C=C\C/C=C\CCCCCC(=O)OC(CCCCC/C=C/CCCCCCCCCCC)CC(=O)NC(CO)C(O)CCCCCCCCCCCCCC. The van der Waals surface area contributed by atoms with E-state index in [-0.39, 0.29) is 24.9 Å². The van der Waals surface area contributed by atoms with E-state index in [1.807, 2.05) is 0 Å². The number of carbonyl (C=O) groups excluding carboxylic acids is 2. The summed E-state index contributed by atoms with van der Waals surface area (Å²) in [6.45, 7) is 6.37. The van der Waals surface area contributed by atoms with Crippen molar-refractivity contribution in [3.8, 4) is 0 Å². The smallest absolute Gasteiger partial charge is 0.306 e. The lowest BCUT2D eigenvalue weighted by molar-refractivity contribution is -0.151. The van der Waals surface area contributed by atoms with E-state index in [1.165, 1.54) is 116 Å². The number of unbranched alkanes of at least 4 members (excludes halogenated alkanes) is 26. The Morgan fingerprint density at radius 2 is 0.818 bits per heavy atom. The summed E-state index contributed by atoms with van der Waals surface area (Å²) < 4.78 is 5.94. The number of ether oxygens (including phenoxy) is 1. The van der Waals surface area contributed by atoms with E-state index < -0.39 is 18.2 Å². The summed E-state index contributed by atoms with van der Waals surface area (Å²) in [4.78, 5) is 26.2. The molecule has 6 nitrogen and oxygen atoms in total. The predicted octanol–water partition coefficient (Wildman–Crippen LogP) is 17.3. The zero-order valence-corrected chi connectivity index (χ0v) is 43.6. The highest BCUT2D eigenvalue weighted by Crippen LogP contribution is 2.17. The van der Waals surface area contributed by atoms with Gasteiger partial charge >= 0.3 is 5.97 Å². The van der Waals surface area contributed by atoms with Gasteiger partial charge in [-0.05, 0) is 96.3 Å². The Morgan fingerprint density at radius 1 is 0.455 bits per heavy atom. The van der Waals surface area contributed by atoms with Crippen LogP contribution in [0.2, 0.25) is 0 Å². The maximum Gasteiger partial charge on any atom is 0.306 e. The second-order valence-corrected chi connectivity index (χ2v) is 19.0. The predicted molar refractivity (Wildman–Crippen MR) is 287 cm³/mol. The molecule has 0 aliphatic carbocycles. The fourth-order valence-corrected chi connectivity index (χ4v) is 8.28. The van der Waals surface area contributed by atoms with Crippen LogP contribution in [0.3, 0.4) is 0 Å². The van der Waals surface area contributed by atoms with Gasteiger partial charge in [-0.1, -0.05) is 235 Å². The third-order valence-corrected chi connectivity index (χ3v) is 12.5. The van der Waals surface area contributed by atoms with Crippen LogP contribution in [0.4, 0.5) is 0 Å². The zero-order chi connectivity index (χ0) is 48.1. The number of nitrogens with one attached hydrogen (secondary N) is 1. The Labute approximate surface area is 409 Å². The van der Waals surface area contributed by atoms with E-state index in [4.69, 9.17) is 4.74 Å². The van der Waals surface area contributed by atoms with Crippen molar-refractivity contribution in [2.75, 3.05) is 6.61 Å². The van der Waals surface area contributed by atoms with Crippen molar-refractivity contribution in [2.24, 2.45) is 0 Å². The molecule has 0 radical (unpaired) electrons. The molecule has 0 saturated heterocycles. The third kappa shape index (κ3) is 47.8. The van der Waals surface area contributed by atoms with Gasteiger partial charge in [-0.2, -0.15) is 0 Å². The van der Waals surface area contributed by atoms with Gasteiger partial charge < -0.3 is 20.3 Å². The number of aliphatic hydroxyl groups is 2. The molecule has 0 fully saturated rings. The Balaban J connectivity index is 4.66. The minimum Gasteiger partial charge on any atom is -0.462 e. The average molecular weight is 923 g/mol. The van der Waals surface area contributed by atoms with Crippen molar-refractivity contribution in [1.29, 1.82) is 0 Å².